The molecule has 2 amide bonds. The molecular formula is C23H26N4O4. The fourth-order valence-corrected chi connectivity index (χ4v) is 4.32. The van der Waals surface area contributed by atoms with Crippen molar-refractivity contribution in [2.24, 2.45) is 5.92 Å². The average molecular weight is 422 g/mol. The molecule has 8 nitrogen and oxygen atoms in total. The summed E-state index contributed by atoms with van der Waals surface area (Å²) in [5.74, 6) is 1.75. The Kier molecular flexibility index (Phi) is 5.36. The summed E-state index contributed by atoms with van der Waals surface area (Å²) in [6.07, 6.45) is 4.44. The summed E-state index contributed by atoms with van der Waals surface area (Å²) in [6.45, 7) is 3.88. The molecule has 3 aliphatic rings. The van der Waals surface area contributed by atoms with Crippen molar-refractivity contribution in [2.45, 2.75) is 25.8 Å². The molecule has 2 aromatic rings. The van der Waals surface area contributed by atoms with E-state index in [9.17, 15) is 9.59 Å². The van der Waals surface area contributed by atoms with Crippen molar-refractivity contribution in [1.29, 1.82) is 0 Å². The lowest BCUT2D eigenvalue weighted by atomic mass is 10.1. The van der Waals surface area contributed by atoms with Gasteiger partial charge in [0.15, 0.2) is 11.5 Å². The Morgan fingerprint density at radius 1 is 1.10 bits per heavy atom. The first-order valence-corrected chi connectivity index (χ1v) is 10.8. The van der Waals surface area contributed by atoms with Crippen molar-refractivity contribution in [1.82, 2.24) is 10.3 Å². The predicted octanol–water partition coefficient (Wildman–Crippen LogP) is 2.12. The summed E-state index contributed by atoms with van der Waals surface area (Å²) in [5, 5.41) is 2.96. The zero-order valence-electron chi connectivity index (χ0n) is 17.4. The number of fused-ring (bicyclic) bond motifs is 1. The van der Waals surface area contributed by atoms with Gasteiger partial charge < -0.3 is 24.6 Å². The molecule has 31 heavy (non-hydrogen) atoms. The summed E-state index contributed by atoms with van der Waals surface area (Å²) in [4.78, 5) is 33.7. The highest BCUT2D eigenvalue weighted by molar-refractivity contribution is 6.00. The van der Waals surface area contributed by atoms with E-state index in [-0.39, 0.29) is 24.2 Å². The topological polar surface area (TPSA) is 84.0 Å². The second kappa shape index (κ2) is 8.45. The summed E-state index contributed by atoms with van der Waals surface area (Å²) >= 11 is 0. The maximum absolute atomic E-state index is 12.7. The van der Waals surface area contributed by atoms with E-state index in [1.165, 1.54) is 12.8 Å². The number of hydrogen-bond acceptors (Lipinski definition) is 6. The molecule has 1 unspecified atom stereocenters. The van der Waals surface area contributed by atoms with Gasteiger partial charge in [0.05, 0.1) is 5.92 Å². The number of ether oxygens (including phenoxy) is 2. The lowest BCUT2D eigenvalue weighted by Crippen LogP contribution is -2.32. The number of amides is 2. The minimum absolute atomic E-state index is 0.0616. The Labute approximate surface area is 181 Å². The molecule has 1 N–H and O–H groups in total. The molecule has 1 aromatic heterocycles. The molecule has 3 aliphatic heterocycles. The molecule has 0 saturated carbocycles. The first-order chi connectivity index (χ1) is 15.2. The van der Waals surface area contributed by atoms with Crippen LogP contribution in [0.3, 0.4) is 0 Å². The average Bonchev–Trinajstić information content (AvgIpc) is 3.48. The van der Waals surface area contributed by atoms with Crippen LogP contribution in [-0.4, -0.2) is 49.6 Å². The summed E-state index contributed by atoms with van der Waals surface area (Å²) in [6, 6.07) is 9.46. The van der Waals surface area contributed by atoms with Gasteiger partial charge in [-0.2, -0.15) is 0 Å². The molecule has 0 aliphatic carbocycles. The van der Waals surface area contributed by atoms with E-state index in [2.05, 4.69) is 15.2 Å². The molecule has 5 rings (SSSR count). The molecule has 2 fully saturated rings. The van der Waals surface area contributed by atoms with Gasteiger partial charge in [-0.05, 0) is 36.6 Å². The van der Waals surface area contributed by atoms with Crippen LogP contribution in [0.2, 0.25) is 0 Å². The molecular weight excluding hydrogens is 396 g/mol. The number of nitrogens with one attached hydrogen (secondary N) is 1. The third kappa shape index (κ3) is 4.15. The normalized spacial score (nSPS) is 20.3. The van der Waals surface area contributed by atoms with Crippen LogP contribution in [0.1, 0.15) is 24.8 Å². The molecule has 162 valence electrons. The SMILES string of the molecule is O=C(NCc1ccc(N2CCCC2)nc1)C1CC(=O)N(c2ccc3c(c2)OCCO3)C1. The highest BCUT2D eigenvalue weighted by Crippen LogP contribution is 2.36. The standard InChI is InChI=1S/C23H26N4O4/c28-22-11-17(15-27(22)18-4-5-19-20(12-18)31-10-9-30-19)23(29)25-14-16-3-6-21(24-13-16)26-7-1-2-8-26/h3-6,12-13,17H,1-2,7-11,14-15H2,(H,25,29). The first-order valence-electron chi connectivity index (χ1n) is 10.8. The van der Waals surface area contributed by atoms with Gasteiger partial charge in [-0.25, -0.2) is 4.98 Å². The number of carbonyl (C=O) groups is 2. The van der Waals surface area contributed by atoms with Crippen LogP contribution in [0.4, 0.5) is 11.5 Å². The Balaban J connectivity index is 1.17. The smallest absolute Gasteiger partial charge is 0.227 e. The van der Waals surface area contributed by atoms with Crippen molar-refractivity contribution in [2.75, 3.05) is 42.6 Å². The fourth-order valence-electron chi connectivity index (χ4n) is 4.32. The zero-order valence-corrected chi connectivity index (χ0v) is 17.4. The van der Waals surface area contributed by atoms with Crippen molar-refractivity contribution in [3.63, 3.8) is 0 Å². The van der Waals surface area contributed by atoms with Crippen LogP contribution in [0, 0.1) is 5.92 Å². The lowest BCUT2D eigenvalue weighted by molar-refractivity contribution is -0.126. The quantitative estimate of drug-likeness (QED) is 0.795. The first kappa shape index (κ1) is 19.7. The van der Waals surface area contributed by atoms with E-state index in [0.717, 1.165) is 30.2 Å². The van der Waals surface area contributed by atoms with Crippen LogP contribution in [-0.2, 0) is 16.1 Å². The Morgan fingerprint density at radius 2 is 1.90 bits per heavy atom. The highest BCUT2D eigenvalue weighted by atomic mass is 16.6. The van der Waals surface area contributed by atoms with Crippen molar-refractivity contribution < 1.29 is 19.1 Å². The van der Waals surface area contributed by atoms with E-state index < -0.39 is 0 Å². The van der Waals surface area contributed by atoms with Gasteiger partial charge in [0.2, 0.25) is 11.8 Å². The second-order valence-electron chi connectivity index (χ2n) is 8.17. The van der Waals surface area contributed by atoms with E-state index in [4.69, 9.17) is 9.47 Å². The number of rotatable bonds is 5. The minimum atomic E-state index is -0.377. The highest BCUT2D eigenvalue weighted by Gasteiger charge is 2.35. The molecule has 1 atom stereocenters. The number of carbonyl (C=O) groups excluding carboxylic acids is 2. The van der Waals surface area contributed by atoms with Crippen molar-refractivity contribution >= 4 is 23.3 Å². The summed E-state index contributed by atoms with van der Waals surface area (Å²) in [5.41, 5.74) is 1.68. The summed E-state index contributed by atoms with van der Waals surface area (Å²) in [7, 11) is 0. The van der Waals surface area contributed by atoms with Gasteiger partial charge in [0.25, 0.3) is 0 Å². The Hall–Kier alpha value is -3.29. The van der Waals surface area contributed by atoms with Crippen LogP contribution >= 0.6 is 0 Å². The zero-order chi connectivity index (χ0) is 21.2. The van der Waals surface area contributed by atoms with Gasteiger partial charge in [-0.3, -0.25) is 9.59 Å². The minimum Gasteiger partial charge on any atom is -0.486 e. The third-order valence-electron chi connectivity index (χ3n) is 6.04. The molecule has 0 spiro atoms. The van der Waals surface area contributed by atoms with Gasteiger partial charge in [-0.1, -0.05) is 6.07 Å². The monoisotopic (exact) mass is 422 g/mol. The van der Waals surface area contributed by atoms with E-state index in [0.29, 0.717) is 37.8 Å². The van der Waals surface area contributed by atoms with Gasteiger partial charge >= 0.3 is 0 Å². The maximum atomic E-state index is 12.7. The van der Waals surface area contributed by atoms with Crippen LogP contribution in [0.25, 0.3) is 0 Å². The van der Waals surface area contributed by atoms with Crippen molar-refractivity contribution in [3.8, 4) is 11.5 Å². The number of nitrogens with zero attached hydrogens (tertiary/aromatic N) is 3. The third-order valence-corrected chi connectivity index (χ3v) is 6.04. The van der Waals surface area contributed by atoms with Crippen molar-refractivity contribution in [3.05, 3.63) is 42.1 Å². The second-order valence-corrected chi connectivity index (χ2v) is 8.17. The Morgan fingerprint density at radius 3 is 2.68 bits per heavy atom. The largest absolute Gasteiger partial charge is 0.486 e. The van der Waals surface area contributed by atoms with Gasteiger partial charge in [-0.15, -0.1) is 0 Å². The summed E-state index contributed by atoms with van der Waals surface area (Å²) < 4.78 is 11.1. The van der Waals surface area contributed by atoms with Crippen LogP contribution < -0.4 is 24.6 Å². The molecule has 4 heterocycles. The number of benzene rings is 1. The lowest BCUT2D eigenvalue weighted by Gasteiger charge is -2.22. The predicted molar refractivity (Wildman–Crippen MR) is 115 cm³/mol. The van der Waals surface area contributed by atoms with Gasteiger partial charge in [0, 0.05) is 50.6 Å². The fraction of sp³-hybridized carbons (Fsp3) is 0.435. The van der Waals surface area contributed by atoms with Gasteiger partial charge in [0.1, 0.15) is 19.0 Å². The molecule has 1 aromatic carbocycles. The molecule has 8 heteroatoms. The van der Waals surface area contributed by atoms with Crippen LogP contribution in [0.5, 0.6) is 11.5 Å². The number of aromatic nitrogens is 1. The molecule has 2 saturated heterocycles. The number of hydrogen-bond donors (Lipinski definition) is 1. The van der Waals surface area contributed by atoms with E-state index >= 15 is 0 Å². The van der Waals surface area contributed by atoms with E-state index in [1.807, 2.05) is 30.5 Å². The molecule has 0 bridgehead atoms. The maximum Gasteiger partial charge on any atom is 0.227 e. The van der Waals surface area contributed by atoms with E-state index in [1.54, 1.807) is 11.0 Å². The Bertz CT molecular complexity index is 972. The number of anilines is 2. The number of pyridine rings is 1. The van der Waals surface area contributed by atoms with Crippen LogP contribution in [0.15, 0.2) is 36.5 Å². The molecule has 0 radical (unpaired) electrons.